The third-order valence-electron chi connectivity index (χ3n) is 4.35. The molecule has 82 valence electrons. The molecule has 0 aromatic carbocycles. The molecule has 0 spiro atoms. The molecule has 0 bridgehead atoms. The van der Waals surface area contributed by atoms with Gasteiger partial charge in [-0.05, 0) is 42.9 Å². The Morgan fingerprint density at radius 1 is 1.14 bits per heavy atom. The lowest BCUT2D eigenvalue weighted by atomic mass is 9.87. The van der Waals surface area contributed by atoms with Gasteiger partial charge in [-0.15, -0.1) is 0 Å². The molecule has 0 heterocycles. The van der Waals surface area contributed by atoms with E-state index in [1.807, 2.05) is 0 Å². The van der Waals surface area contributed by atoms with Gasteiger partial charge in [0.1, 0.15) is 0 Å². The topological polar surface area (TPSA) is 26.0 Å². The summed E-state index contributed by atoms with van der Waals surface area (Å²) in [7, 11) is 0. The van der Waals surface area contributed by atoms with Gasteiger partial charge in [0.15, 0.2) is 0 Å². The number of hydrogen-bond acceptors (Lipinski definition) is 1. The molecule has 2 aliphatic rings. The van der Waals surface area contributed by atoms with Gasteiger partial charge in [-0.25, -0.2) is 0 Å². The zero-order chi connectivity index (χ0) is 10.4. The van der Waals surface area contributed by atoms with E-state index in [9.17, 15) is 0 Å². The third-order valence-corrected chi connectivity index (χ3v) is 4.35. The Morgan fingerprint density at radius 3 is 2.07 bits per heavy atom. The van der Waals surface area contributed by atoms with Crippen molar-refractivity contribution in [3.63, 3.8) is 0 Å². The van der Waals surface area contributed by atoms with E-state index in [1.54, 1.807) is 0 Å². The van der Waals surface area contributed by atoms with Crippen LogP contribution in [0.1, 0.15) is 59.3 Å². The summed E-state index contributed by atoms with van der Waals surface area (Å²) in [5, 5.41) is 0. The number of fused-ring (bicyclic) bond motifs is 1. The van der Waals surface area contributed by atoms with Gasteiger partial charge in [0.05, 0.1) is 0 Å². The number of nitrogens with two attached hydrogens (primary N) is 1. The van der Waals surface area contributed by atoms with E-state index in [2.05, 4.69) is 20.8 Å². The highest BCUT2D eigenvalue weighted by atomic mass is 14.9. The van der Waals surface area contributed by atoms with Gasteiger partial charge < -0.3 is 5.73 Å². The summed E-state index contributed by atoms with van der Waals surface area (Å²) in [6.45, 7) is 6.97. The first-order chi connectivity index (χ1) is 6.43. The van der Waals surface area contributed by atoms with E-state index >= 15 is 0 Å². The van der Waals surface area contributed by atoms with Crippen LogP contribution in [0.3, 0.4) is 0 Å². The first-order valence-electron chi connectivity index (χ1n) is 6.22. The molecular formula is C13H25N. The van der Waals surface area contributed by atoms with Crippen molar-refractivity contribution in [2.75, 3.05) is 0 Å². The molecule has 2 fully saturated rings. The van der Waals surface area contributed by atoms with Crippen molar-refractivity contribution in [1.29, 1.82) is 0 Å². The van der Waals surface area contributed by atoms with Crippen molar-refractivity contribution in [3.05, 3.63) is 0 Å². The Bertz CT molecular complexity index is 202. The highest BCUT2D eigenvalue weighted by molar-refractivity contribution is 5.16. The molecular weight excluding hydrogens is 170 g/mol. The molecule has 0 saturated heterocycles. The average molecular weight is 195 g/mol. The van der Waals surface area contributed by atoms with Crippen molar-refractivity contribution in [2.24, 2.45) is 23.0 Å². The van der Waals surface area contributed by atoms with Gasteiger partial charge >= 0.3 is 0 Å². The lowest BCUT2D eigenvalue weighted by Gasteiger charge is -2.21. The second-order valence-corrected chi connectivity index (χ2v) is 6.67. The monoisotopic (exact) mass is 195 g/mol. The van der Waals surface area contributed by atoms with Crippen molar-refractivity contribution < 1.29 is 0 Å². The molecule has 2 unspecified atom stereocenters. The second kappa shape index (κ2) is 3.23. The zero-order valence-corrected chi connectivity index (χ0v) is 9.97. The minimum absolute atomic E-state index is 0.254. The van der Waals surface area contributed by atoms with Crippen molar-refractivity contribution in [3.8, 4) is 0 Å². The zero-order valence-electron chi connectivity index (χ0n) is 9.97. The molecule has 0 amide bonds. The van der Waals surface area contributed by atoms with Gasteiger partial charge in [0.2, 0.25) is 0 Å². The Morgan fingerprint density at radius 2 is 1.64 bits per heavy atom. The standard InChI is InChI=1S/C13H25N/c1-12(2,3)8-9-13(14)10-6-4-5-7-11(10)13/h10-11H,4-9,14H2,1-3H3. The molecule has 0 radical (unpaired) electrons. The lowest BCUT2D eigenvalue weighted by Crippen LogP contribution is -2.28. The van der Waals surface area contributed by atoms with E-state index in [0.29, 0.717) is 5.41 Å². The molecule has 14 heavy (non-hydrogen) atoms. The van der Waals surface area contributed by atoms with E-state index in [0.717, 1.165) is 11.8 Å². The van der Waals surface area contributed by atoms with E-state index in [4.69, 9.17) is 5.73 Å². The average Bonchev–Trinajstić information content (AvgIpc) is 2.71. The summed E-state index contributed by atoms with van der Waals surface area (Å²) in [5.41, 5.74) is 7.21. The summed E-state index contributed by atoms with van der Waals surface area (Å²) < 4.78 is 0. The predicted molar refractivity (Wildman–Crippen MR) is 61.1 cm³/mol. The highest BCUT2D eigenvalue weighted by Gasteiger charge is 2.61. The molecule has 2 atom stereocenters. The third kappa shape index (κ3) is 1.84. The predicted octanol–water partition coefficient (Wildman–Crippen LogP) is 3.33. The molecule has 0 aliphatic heterocycles. The molecule has 2 N–H and O–H groups in total. The first kappa shape index (κ1) is 10.5. The normalized spacial score (nSPS) is 42.0. The quantitative estimate of drug-likeness (QED) is 0.718. The molecule has 0 aromatic heterocycles. The maximum absolute atomic E-state index is 6.50. The van der Waals surface area contributed by atoms with E-state index in [1.165, 1.54) is 38.5 Å². The summed E-state index contributed by atoms with van der Waals surface area (Å²) in [5.74, 6) is 1.78. The van der Waals surface area contributed by atoms with Crippen molar-refractivity contribution in [1.82, 2.24) is 0 Å². The first-order valence-corrected chi connectivity index (χ1v) is 6.22. The highest BCUT2D eigenvalue weighted by Crippen LogP contribution is 2.59. The fraction of sp³-hybridized carbons (Fsp3) is 1.00. The SMILES string of the molecule is CC(C)(C)CCC1(N)C2CCCCC21. The Labute approximate surface area is 88.4 Å². The van der Waals surface area contributed by atoms with Crippen LogP contribution in [0.25, 0.3) is 0 Å². The number of rotatable bonds is 2. The fourth-order valence-electron chi connectivity index (χ4n) is 3.26. The van der Waals surface area contributed by atoms with Crippen LogP contribution >= 0.6 is 0 Å². The van der Waals surface area contributed by atoms with E-state index in [-0.39, 0.29) is 5.54 Å². The molecule has 2 rings (SSSR count). The number of hydrogen-bond donors (Lipinski definition) is 1. The van der Waals surface area contributed by atoms with Gasteiger partial charge in [0.25, 0.3) is 0 Å². The Hall–Kier alpha value is -0.0400. The second-order valence-electron chi connectivity index (χ2n) is 6.67. The van der Waals surface area contributed by atoms with Gasteiger partial charge in [-0.1, -0.05) is 33.6 Å². The van der Waals surface area contributed by atoms with E-state index < -0.39 is 0 Å². The molecule has 1 nitrogen and oxygen atoms in total. The maximum Gasteiger partial charge on any atom is 0.0218 e. The summed E-state index contributed by atoms with van der Waals surface area (Å²) in [4.78, 5) is 0. The van der Waals surface area contributed by atoms with Crippen molar-refractivity contribution in [2.45, 2.75) is 64.8 Å². The lowest BCUT2D eigenvalue weighted by molar-refractivity contribution is 0.331. The molecule has 2 saturated carbocycles. The van der Waals surface area contributed by atoms with Crippen LogP contribution in [0, 0.1) is 17.3 Å². The summed E-state index contributed by atoms with van der Waals surface area (Å²) in [6, 6.07) is 0. The van der Waals surface area contributed by atoms with Crippen LogP contribution in [0.15, 0.2) is 0 Å². The molecule has 0 aromatic rings. The van der Waals surface area contributed by atoms with Crippen LogP contribution in [-0.2, 0) is 0 Å². The molecule has 2 aliphatic carbocycles. The fourth-order valence-corrected chi connectivity index (χ4v) is 3.26. The van der Waals surface area contributed by atoms with Crippen LogP contribution in [0.5, 0.6) is 0 Å². The van der Waals surface area contributed by atoms with Crippen LogP contribution in [-0.4, -0.2) is 5.54 Å². The summed E-state index contributed by atoms with van der Waals surface area (Å²) >= 11 is 0. The van der Waals surface area contributed by atoms with Gasteiger partial charge in [0, 0.05) is 5.54 Å². The minimum atomic E-state index is 0.254. The molecule has 1 heteroatoms. The smallest absolute Gasteiger partial charge is 0.0218 e. The van der Waals surface area contributed by atoms with Gasteiger partial charge in [-0.3, -0.25) is 0 Å². The minimum Gasteiger partial charge on any atom is -0.325 e. The van der Waals surface area contributed by atoms with Crippen LogP contribution in [0.2, 0.25) is 0 Å². The van der Waals surface area contributed by atoms with Gasteiger partial charge in [-0.2, -0.15) is 0 Å². The Balaban J connectivity index is 1.86. The largest absolute Gasteiger partial charge is 0.325 e. The Kier molecular flexibility index (Phi) is 2.42. The van der Waals surface area contributed by atoms with Crippen molar-refractivity contribution >= 4 is 0 Å². The maximum atomic E-state index is 6.50. The van der Waals surface area contributed by atoms with Crippen LogP contribution in [0.4, 0.5) is 0 Å². The van der Waals surface area contributed by atoms with Crippen LogP contribution < -0.4 is 5.73 Å². The summed E-state index contributed by atoms with van der Waals surface area (Å²) in [6.07, 6.45) is 8.21.